The third kappa shape index (κ3) is 7.15. The molecule has 11 heteroatoms. The highest BCUT2D eigenvalue weighted by molar-refractivity contribution is 7.17. The molecule has 0 saturated heterocycles. The van der Waals surface area contributed by atoms with Crippen LogP contribution in [0.25, 0.3) is 10.6 Å². The first kappa shape index (κ1) is 31.6. The number of carbonyl (C=O) groups excluding carboxylic acids is 2. The quantitative estimate of drug-likeness (QED) is 0.161. The van der Waals surface area contributed by atoms with E-state index in [0.717, 1.165) is 10.4 Å². The lowest BCUT2D eigenvalue weighted by atomic mass is 10.2. The van der Waals surface area contributed by atoms with Gasteiger partial charge in [0.1, 0.15) is 10.6 Å². The van der Waals surface area contributed by atoms with Crippen LogP contribution in [0.3, 0.4) is 0 Å². The zero-order valence-electron chi connectivity index (χ0n) is 25.0. The van der Waals surface area contributed by atoms with E-state index in [0.29, 0.717) is 20.7 Å². The monoisotopic (exact) mass is 623 g/mol. The molecule has 2 heterocycles. The largest absolute Gasteiger partial charge is 0.461 e. The van der Waals surface area contributed by atoms with Gasteiger partial charge in [0.2, 0.25) is 0 Å². The molecule has 4 rings (SSSR count). The van der Waals surface area contributed by atoms with Crippen LogP contribution in [0, 0.1) is 0 Å². The molecule has 0 radical (unpaired) electrons. The molecule has 0 aliphatic rings. The van der Waals surface area contributed by atoms with Crippen LogP contribution in [-0.2, 0) is 20.5 Å². The molecule has 1 amide bonds. The lowest BCUT2D eigenvalue weighted by Gasteiger charge is -2.42. The normalized spacial score (nSPS) is 12.2. The van der Waals surface area contributed by atoms with Gasteiger partial charge in [0.05, 0.1) is 23.8 Å². The van der Waals surface area contributed by atoms with Crippen LogP contribution >= 0.6 is 22.7 Å². The molecule has 1 N–H and O–H groups in total. The van der Waals surface area contributed by atoms with Gasteiger partial charge in [-0.1, -0.05) is 81.4 Å². The van der Waals surface area contributed by atoms with E-state index in [-0.39, 0.29) is 23.9 Å². The van der Waals surface area contributed by atoms with E-state index in [4.69, 9.17) is 18.9 Å². The van der Waals surface area contributed by atoms with Gasteiger partial charge in [-0.25, -0.2) is 19.6 Å². The van der Waals surface area contributed by atoms with Crippen LogP contribution in [0.15, 0.2) is 66.0 Å². The number of rotatable bonds is 9. The van der Waals surface area contributed by atoms with Crippen molar-refractivity contribution < 1.29 is 23.5 Å². The lowest BCUT2D eigenvalue weighted by molar-refractivity contribution is 0.0520. The Hall–Kier alpha value is -3.38. The number of carbonyl (C=O) groups is 2. The fourth-order valence-electron chi connectivity index (χ4n) is 4.70. The Labute approximate surface area is 256 Å². The minimum absolute atomic E-state index is 0.178. The maximum Gasteiger partial charge on any atom is 0.413 e. The van der Waals surface area contributed by atoms with Crippen molar-refractivity contribution in [2.45, 2.75) is 65.7 Å². The second-order valence-corrected chi connectivity index (χ2v) is 17.9. The number of benzene rings is 2. The second kappa shape index (κ2) is 12.9. The van der Waals surface area contributed by atoms with E-state index in [1.165, 1.54) is 22.7 Å². The number of hydrogen-bond donors (Lipinski definition) is 1. The minimum Gasteiger partial charge on any atom is -0.461 e. The number of anilines is 1. The van der Waals surface area contributed by atoms with Crippen LogP contribution in [0.2, 0.25) is 5.04 Å². The molecular weight excluding hydrogens is 587 g/mol. The summed E-state index contributed by atoms with van der Waals surface area (Å²) in [5.74, 6) is -0.532. The van der Waals surface area contributed by atoms with Crippen molar-refractivity contribution in [1.29, 1.82) is 0 Å². The molecule has 0 bridgehead atoms. The molecule has 222 valence electrons. The van der Waals surface area contributed by atoms with Crippen molar-refractivity contribution in [3.8, 4) is 10.6 Å². The van der Waals surface area contributed by atoms with Crippen LogP contribution in [0.5, 0.6) is 0 Å². The van der Waals surface area contributed by atoms with Gasteiger partial charge in [0, 0.05) is 5.38 Å². The summed E-state index contributed by atoms with van der Waals surface area (Å²) in [4.78, 5) is 35.0. The van der Waals surface area contributed by atoms with Gasteiger partial charge in [0.25, 0.3) is 8.32 Å². The average molecular weight is 624 g/mol. The number of amides is 1. The number of hydrogen-bond acceptors (Lipinski definition) is 9. The van der Waals surface area contributed by atoms with Gasteiger partial charge in [-0.05, 0) is 43.1 Å². The molecule has 8 nitrogen and oxygen atoms in total. The first-order valence-corrected chi connectivity index (χ1v) is 17.3. The fraction of sp³-hybridized carbons (Fsp3) is 0.355. The Kier molecular flexibility index (Phi) is 9.66. The number of ether oxygens (including phenoxy) is 2. The third-order valence-corrected chi connectivity index (χ3v) is 13.1. The minimum atomic E-state index is -2.82. The standard InChI is InChI=1S/C31H37N3O5S2Si/c1-8-37-27(35)25-26(23-20-40-28(32-23)34-29(36)39-30(2,3)4)41-24(33-25)19-38-42(31(5,6)7,21-15-11-9-12-16-21)22-17-13-10-14-18-22/h9-18,20H,8,19H2,1-7H3,(H,32,34,36). The predicted octanol–water partition coefficient (Wildman–Crippen LogP) is 6.87. The van der Waals surface area contributed by atoms with E-state index in [1.807, 2.05) is 36.4 Å². The topological polar surface area (TPSA) is 99.6 Å². The number of thiazole rings is 2. The highest BCUT2D eigenvalue weighted by Crippen LogP contribution is 2.39. The van der Waals surface area contributed by atoms with Gasteiger partial charge < -0.3 is 13.9 Å². The molecule has 2 aromatic heterocycles. The number of nitrogens with one attached hydrogen (secondary N) is 1. The Balaban J connectivity index is 1.70. The van der Waals surface area contributed by atoms with Gasteiger partial charge >= 0.3 is 12.1 Å². The van der Waals surface area contributed by atoms with E-state index in [1.54, 1.807) is 33.1 Å². The molecule has 0 spiro atoms. The van der Waals surface area contributed by atoms with Gasteiger partial charge in [-0.2, -0.15) is 0 Å². The second-order valence-electron chi connectivity index (χ2n) is 11.6. The molecule has 4 aromatic rings. The molecule has 2 aromatic carbocycles. The summed E-state index contributed by atoms with van der Waals surface area (Å²) in [7, 11) is -2.82. The molecule has 0 fully saturated rings. The highest BCUT2D eigenvalue weighted by atomic mass is 32.1. The highest BCUT2D eigenvalue weighted by Gasteiger charge is 2.50. The summed E-state index contributed by atoms with van der Waals surface area (Å²) in [5, 5.41) is 7.53. The smallest absolute Gasteiger partial charge is 0.413 e. The Morgan fingerprint density at radius 1 is 0.905 bits per heavy atom. The molecule has 0 aliphatic carbocycles. The summed E-state index contributed by atoms with van der Waals surface area (Å²) in [6, 6.07) is 20.7. The van der Waals surface area contributed by atoms with Crippen LogP contribution in [-0.4, -0.2) is 42.6 Å². The van der Waals surface area contributed by atoms with Crippen molar-refractivity contribution in [3.63, 3.8) is 0 Å². The Bertz CT molecular complexity index is 1470. The van der Waals surface area contributed by atoms with Crippen LogP contribution in [0.4, 0.5) is 9.93 Å². The Morgan fingerprint density at radius 3 is 2.02 bits per heavy atom. The first-order chi connectivity index (χ1) is 19.8. The average Bonchev–Trinajstić information content (AvgIpc) is 3.56. The lowest BCUT2D eigenvalue weighted by Crippen LogP contribution is -2.66. The summed E-state index contributed by atoms with van der Waals surface area (Å²) in [6.45, 7) is 14.2. The van der Waals surface area contributed by atoms with Crippen LogP contribution in [0.1, 0.15) is 64.0 Å². The summed E-state index contributed by atoms with van der Waals surface area (Å²) in [6.07, 6.45) is -0.599. The zero-order valence-corrected chi connectivity index (χ0v) is 27.7. The van der Waals surface area contributed by atoms with E-state index in [2.05, 4.69) is 55.3 Å². The van der Waals surface area contributed by atoms with Crippen LogP contribution < -0.4 is 15.7 Å². The maximum atomic E-state index is 13.0. The number of esters is 1. The molecule has 0 aliphatic heterocycles. The van der Waals surface area contributed by atoms with Gasteiger partial charge in [-0.15, -0.1) is 22.7 Å². The van der Waals surface area contributed by atoms with E-state index in [9.17, 15) is 9.59 Å². The Morgan fingerprint density at radius 2 is 1.50 bits per heavy atom. The molecular formula is C31H37N3O5S2Si. The predicted molar refractivity (Wildman–Crippen MR) is 171 cm³/mol. The van der Waals surface area contributed by atoms with Gasteiger partial charge in [-0.3, -0.25) is 5.32 Å². The van der Waals surface area contributed by atoms with Gasteiger partial charge in [0.15, 0.2) is 10.8 Å². The zero-order chi connectivity index (χ0) is 30.5. The SMILES string of the molecule is CCOC(=O)c1nc(CO[Si](c2ccccc2)(c2ccccc2)C(C)(C)C)sc1-c1csc(NC(=O)OC(C)(C)C)n1. The molecule has 0 atom stereocenters. The molecule has 0 unspecified atom stereocenters. The summed E-state index contributed by atoms with van der Waals surface area (Å²) in [5.41, 5.74) is 0.0548. The van der Waals surface area contributed by atoms with Crippen molar-refractivity contribution in [2.24, 2.45) is 0 Å². The summed E-state index contributed by atoms with van der Waals surface area (Å²) >= 11 is 2.57. The maximum absolute atomic E-state index is 13.0. The van der Waals surface area contributed by atoms with Crippen molar-refractivity contribution >= 4 is 58.6 Å². The van der Waals surface area contributed by atoms with Crippen molar-refractivity contribution in [3.05, 3.63) is 76.7 Å². The van der Waals surface area contributed by atoms with Crippen molar-refractivity contribution in [1.82, 2.24) is 9.97 Å². The summed E-state index contributed by atoms with van der Waals surface area (Å²) < 4.78 is 17.7. The third-order valence-electron chi connectivity index (χ3n) is 6.31. The van der Waals surface area contributed by atoms with Crippen molar-refractivity contribution in [2.75, 3.05) is 11.9 Å². The van der Waals surface area contributed by atoms with E-state index >= 15 is 0 Å². The molecule has 0 saturated carbocycles. The molecule has 42 heavy (non-hydrogen) atoms. The fourth-order valence-corrected chi connectivity index (χ4v) is 11.0. The number of aromatic nitrogens is 2. The first-order valence-electron chi connectivity index (χ1n) is 13.7. The number of nitrogens with zero attached hydrogens (tertiary/aromatic N) is 2. The van der Waals surface area contributed by atoms with E-state index < -0.39 is 26.0 Å².